The zero-order valence-electron chi connectivity index (χ0n) is 16.1. The van der Waals surface area contributed by atoms with Gasteiger partial charge in [-0.25, -0.2) is 4.98 Å². The van der Waals surface area contributed by atoms with Crippen LogP contribution in [0.2, 0.25) is 0 Å². The van der Waals surface area contributed by atoms with Crippen LogP contribution in [0.4, 0.5) is 5.95 Å². The lowest BCUT2D eigenvalue weighted by molar-refractivity contribution is 0.250. The highest BCUT2D eigenvalue weighted by Gasteiger charge is 2.23. The summed E-state index contributed by atoms with van der Waals surface area (Å²) in [4.78, 5) is 10.8. The molecular weight excluding hydrogens is 300 g/mol. The Morgan fingerprint density at radius 3 is 2.50 bits per heavy atom. The van der Waals surface area contributed by atoms with E-state index in [0.29, 0.717) is 6.04 Å². The molecule has 1 fully saturated rings. The minimum absolute atomic E-state index is 0.537. The summed E-state index contributed by atoms with van der Waals surface area (Å²) in [5, 5.41) is 7.00. The number of imidazole rings is 1. The van der Waals surface area contributed by atoms with E-state index in [1.54, 1.807) is 0 Å². The van der Waals surface area contributed by atoms with Gasteiger partial charge in [0.15, 0.2) is 5.96 Å². The lowest BCUT2D eigenvalue weighted by atomic mass is 9.80. The molecule has 1 heterocycles. The number of rotatable bonds is 5. The number of hydrogen-bond acceptors (Lipinski definition) is 3. The molecule has 0 saturated heterocycles. The van der Waals surface area contributed by atoms with Crippen molar-refractivity contribution in [1.82, 2.24) is 20.2 Å². The Labute approximate surface area is 146 Å². The van der Waals surface area contributed by atoms with Gasteiger partial charge >= 0.3 is 0 Å². The average Bonchev–Trinajstić information content (AvgIpc) is 2.93. The molecule has 1 saturated carbocycles. The van der Waals surface area contributed by atoms with Gasteiger partial charge in [-0.1, -0.05) is 13.8 Å². The van der Waals surface area contributed by atoms with Crippen LogP contribution in [-0.2, 0) is 13.6 Å². The molecule has 1 aliphatic rings. The van der Waals surface area contributed by atoms with Crippen LogP contribution in [-0.4, -0.2) is 42.7 Å². The van der Waals surface area contributed by atoms with Gasteiger partial charge in [0.05, 0.1) is 18.4 Å². The fourth-order valence-corrected chi connectivity index (χ4v) is 3.51. The van der Waals surface area contributed by atoms with Crippen molar-refractivity contribution in [3.8, 4) is 0 Å². The van der Waals surface area contributed by atoms with Crippen molar-refractivity contribution < 1.29 is 0 Å². The summed E-state index contributed by atoms with van der Waals surface area (Å²) in [6.07, 6.45) is 7.03. The van der Waals surface area contributed by atoms with Crippen LogP contribution in [0.1, 0.15) is 45.2 Å². The summed E-state index contributed by atoms with van der Waals surface area (Å²) >= 11 is 0. The largest absolute Gasteiger partial charge is 0.354 e. The maximum Gasteiger partial charge on any atom is 0.204 e. The maximum atomic E-state index is 4.45. The van der Waals surface area contributed by atoms with Crippen LogP contribution in [0.15, 0.2) is 11.2 Å². The van der Waals surface area contributed by atoms with Gasteiger partial charge in [-0.2, -0.15) is 0 Å². The second-order valence-electron chi connectivity index (χ2n) is 7.43. The molecule has 2 rings (SSSR count). The van der Waals surface area contributed by atoms with Gasteiger partial charge in [-0.3, -0.25) is 4.99 Å². The van der Waals surface area contributed by atoms with E-state index in [4.69, 9.17) is 0 Å². The quantitative estimate of drug-likeness (QED) is 0.641. The summed E-state index contributed by atoms with van der Waals surface area (Å²) in [7, 11) is 7.90. The van der Waals surface area contributed by atoms with Crippen molar-refractivity contribution in [1.29, 1.82) is 0 Å². The number of aliphatic imine (C=N–C) groups is 1. The zero-order valence-corrected chi connectivity index (χ0v) is 16.1. The Bertz CT molecular complexity index is 538. The lowest BCUT2D eigenvalue weighted by Crippen LogP contribution is -2.45. The van der Waals surface area contributed by atoms with Crippen molar-refractivity contribution in [2.24, 2.45) is 23.9 Å². The molecule has 0 spiro atoms. The van der Waals surface area contributed by atoms with Crippen LogP contribution in [0.3, 0.4) is 0 Å². The minimum atomic E-state index is 0.537. The molecule has 0 amide bonds. The van der Waals surface area contributed by atoms with E-state index in [-0.39, 0.29) is 0 Å². The van der Waals surface area contributed by atoms with Crippen LogP contribution < -0.4 is 15.5 Å². The molecule has 1 aromatic heterocycles. The molecule has 0 radical (unpaired) electrons. The Hall–Kier alpha value is -1.72. The first kappa shape index (κ1) is 18.6. The summed E-state index contributed by atoms with van der Waals surface area (Å²) in [6, 6.07) is 0.537. The number of nitrogens with one attached hydrogen (secondary N) is 2. The van der Waals surface area contributed by atoms with Crippen LogP contribution in [0, 0.1) is 11.8 Å². The third-order valence-corrected chi connectivity index (χ3v) is 5.18. The van der Waals surface area contributed by atoms with Crippen molar-refractivity contribution >= 4 is 11.9 Å². The SMILES string of the molecule is CN=C(NCc1cnc(N(C)C)n1C)NC1CCC(C(C)C)CC1. The molecule has 1 aliphatic carbocycles. The van der Waals surface area contributed by atoms with Gasteiger partial charge in [0.2, 0.25) is 5.95 Å². The zero-order chi connectivity index (χ0) is 17.7. The monoisotopic (exact) mass is 334 g/mol. The molecule has 6 nitrogen and oxygen atoms in total. The van der Waals surface area contributed by atoms with Gasteiger partial charge in [0.25, 0.3) is 0 Å². The third kappa shape index (κ3) is 4.65. The predicted molar refractivity (Wildman–Crippen MR) is 101 cm³/mol. The molecule has 136 valence electrons. The van der Waals surface area contributed by atoms with E-state index < -0.39 is 0 Å². The van der Waals surface area contributed by atoms with E-state index >= 15 is 0 Å². The Morgan fingerprint density at radius 1 is 1.33 bits per heavy atom. The number of guanidine groups is 1. The van der Waals surface area contributed by atoms with Gasteiger partial charge in [0, 0.05) is 34.2 Å². The highest BCUT2D eigenvalue weighted by molar-refractivity contribution is 5.79. The summed E-state index contributed by atoms with van der Waals surface area (Å²) in [5.74, 6) is 3.54. The van der Waals surface area contributed by atoms with Crippen molar-refractivity contribution in [3.63, 3.8) is 0 Å². The summed E-state index contributed by atoms with van der Waals surface area (Å²) in [6.45, 7) is 5.40. The van der Waals surface area contributed by atoms with E-state index in [0.717, 1.165) is 36.0 Å². The molecule has 0 unspecified atom stereocenters. The molecule has 6 heteroatoms. The van der Waals surface area contributed by atoms with Crippen LogP contribution in [0.25, 0.3) is 0 Å². The number of anilines is 1. The first-order chi connectivity index (χ1) is 11.4. The van der Waals surface area contributed by atoms with Crippen molar-refractivity contribution in [2.45, 2.75) is 52.1 Å². The van der Waals surface area contributed by atoms with Crippen LogP contribution in [0.5, 0.6) is 0 Å². The second-order valence-corrected chi connectivity index (χ2v) is 7.43. The van der Waals surface area contributed by atoms with E-state index in [1.165, 1.54) is 25.7 Å². The first-order valence-corrected chi connectivity index (χ1v) is 9.07. The molecular formula is C18H34N6. The summed E-state index contributed by atoms with van der Waals surface area (Å²) < 4.78 is 2.11. The fourth-order valence-electron chi connectivity index (χ4n) is 3.51. The molecule has 0 aliphatic heterocycles. The first-order valence-electron chi connectivity index (χ1n) is 9.07. The van der Waals surface area contributed by atoms with E-state index in [9.17, 15) is 0 Å². The third-order valence-electron chi connectivity index (χ3n) is 5.18. The molecule has 0 bridgehead atoms. The van der Waals surface area contributed by atoms with Crippen molar-refractivity contribution in [3.05, 3.63) is 11.9 Å². The molecule has 0 atom stereocenters. The normalized spacial score (nSPS) is 21.9. The number of nitrogens with zero attached hydrogens (tertiary/aromatic N) is 4. The molecule has 2 N–H and O–H groups in total. The van der Waals surface area contributed by atoms with E-state index in [2.05, 4.69) is 39.0 Å². The smallest absolute Gasteiger partial charge is 0.204 e. The minimum Gasteiger partial charge on any atom is -0.354 e. The Balaban J connectivity index is 1.83. The standard InChI is InChI=1S/C18H34N6/c1-13(2)14-7-9-15(10-8-14)22-17(19-3)20-11-16-12-21-18(23(4)5)24(16)6/h12-15H,7-11H2,1-6H3,(H2,19,20,22). The molecule has 24 heavy (non-hydrogen) atoms. The highest BCUT2D eigenvalue weighted by Crippen LogP contribution is 2.29. The predicted octanol–water partition coefficient (Wildman–Crippen LogP) is 2.37. The second kappa shape index (κ2) is 8.40. The Kier molecular flexibility index (Phi) is 6.52. The van der Waals surface area contributed by atoms with E-state index in [1.807, 2.05) is 39.3 Å². The topological polar surface area (TPSA) is 57.5 Å². The number of hydrogen-bond donors (Lipinski definition) is 2. The van der Waals surface area contributed by atoms with Crippen LogP contribution >= 0.6 is 0 Å². The molecule has 1 aromatic rings. The van der Waals surface area contributed by atoms with Crippen molar-refractivity contribution in [2.75, 3.05) is 26.0 Å². The lowest BCUT2D eigenvalue weighted by Gasteiger charge is -2.32. The molecule has 0 aromatic carbocycles. The summed E-state index contributed by atoms with van der Waals surface area (Å²) in [5.41, 5.74) is 1.14. The Morgan fingerprint density at radius 2 is 2.00 bits per heavy atom. The van der Waals surface area contributed by atoms with Gasteiger partial charge < -0.3 is 20.1 Å². The number of aromatic nitrogens is 2. The fraction of sp³-hybridized carbons (Fsp3) is 0.778. The highest BCUT2D eigenvalue weighted by atomic mass is 15.3. The maximum absolute atomic E-state index is 4.45. The van der Waals surface area contributed by atoms with Gasteiger partial charge in [-0.05, 0) is 37.5 Å². The average molecular weight is 335 g/mol. The van der Waals surface area contributed by atoms with Gasteiger partial charge in [0.1, 0.15) is 0 Å². The van der Waals surface area contributed by atoms with Gasteiger partial charge in [-0.15, -0.1) is 0 Å².